The first-order chi connectivity index (χ1) is 12.1. The number of aromatic amines is 1. The van der Waals surface area contributed by atoms with Gasteiger partial charge < -0.3 is 25.4 Å². The number of carbonyl (C=O) groups is 3. The Morgan fingerprint density at radius 2 is 1.96 bits per heavy atom. The van der Waals surface area contributed by atoms with E-state index >= 15 is 0 Å². The van der Waals surface area contributed by atoms with Gasteiger partial charge in [-0.15, -0.1) is 11.3 Å². The SMILES string of the molecule is Cc1c(C(=O)NC(CC(=O)O)C(=O)O)sc2nc(CN(C)C)[nH]c(=O)c12. The van der Waals surface area contributed by atoms with Crippen molar-refractivity contribution < 1.29 is 24.6 Å². The van der Waals surface area contributed by atoms with Crippen LogP contribution in [0.25, 0.3) is 10.2 Å². The van der Waals surface area contributed by atoms with Crippen LogP contribution in [0.15, 0.2) is 4.79 Å². The molecule has 2 aromatic heterocycles. The minimum absolute atomic E-state index is 0.122. The van der Waals surface area contributed by atoms with Crippen LogP contribution in [-0.2, 0) is 16.1 Å². The second-order valence-electron chi connectivity index (χ2n) is 5.95. The van der Waals surface area contributed by atoms with Gasteiger partial charge in [0.15, 0.2) is 0 Å². The summed E-state index contributed by atoms with van der Waals surface area (Å²) in [6.45, 7) is 1.96. The van der Waals surface area contributed by atoms with Crippen molar-refractivity contribution in [2.45, 2.75) is 25.9 Å². The van der Waals surface area contributed by atoms with E-state index in [9.17, 15) is 19.2 Å². The van der Waals surface area contributed by atoms with Gasteiger partial charge in [-0.1, -0.05) is 0 Å². The van der Waals surface area contributed by atoms with Gasteiger partial charge in [-0.3, -0.25) is 14.4 Å². The number of amides is 1. The molecule has 1 amide bonds. The lowest BCUT2D eigenvalue weighted by atomic mass is 10.1. The van der Waals surface area contributed by atoms with E-state index in [4.69, 9.17) is 10.2 Å². The van der Waals surface area contributed by atoms with Crippen molar-refractivity contribution >= 4 is 39.4 Å². The molecule has 2 aromatic rings. The fourth-order valence-corrected chi connectivity index (χ4v) is 3.48. The van der Waals surface area contributed by atoms with Crippen LogP contribution < -0.4 is 10.9 Å². The standard InChI is InChI=1S/C15H18N4O6S/c1-6-10-12(22)17-8(5-19(2)3)18-14(10)26-11(6)13(23)16-7(15(24)25)4-9(20)21/h7H,4-5H2,1-3H3,(H,16,23)(H,20,21)(H,24,25)(H,17,18,22). The van der Waals surface area contributed by atoms with Gasteiger partial charge in [0.1, 0.15) is 16.7 Å². The van der Waals surface area contributed by atoms with Gasteiger partial charge in [-0.25, -0.2) is 9.78 Å². The maximum Gasteiger partial charge on any atom is 0.326 e. The fourth-order valence-electron chi connectivity index (χ4n) is 2.38. The normalized spacial score (nSPS) is 12.3. The van der Waals surface area contributed by atoms with Crippen molar-refractivity contribution in [3.05, 3.63) is 26.6 Å². The van der Waals surface area contributed by atoms with Gasteiger partial charge in [-0.2, -0.15) is 0 Å². The molecule has 4 N–H and O–H groups in total. The zero-order valence-electron chi connectivity index (χ0n) is 14.3. The van der Waals surface area contributed by atoms with Crippen molar-refractivity contribution in [1.29, 1.82) is 0 Å². The summed E-state index contributed by atoms with van der Waals surface area (Å²) < 4.78 is 0. The number of nitrogens with zero attached hydrogens (tertiary/aromatic N) is 2. The summed E-state index contributed by atoms with van der Waals surface area (Å²) in [6, 6.07) is -1.57. The molecule has 0 fully saturated rings. The molecule has 1 atom stereocenters. The molecule has 0 aromatic carbocycles. The summed E-state index contributed by atoms with van der Waals surface area (Å²) in [7, 11) is 3.63. The number of carbonyl (C=O) groups excluding carboxylic acids is 1. The Bertz CT molecular complexity index is 932. The molecule has 0 saturated carbocycles. The number of thiophene rings is 1. The molecule has 11 heteroatoms. The predicted molar refractivity (Wildman–Crippen MR) is 93.5 cm³/mol. The van der Waals surface area contributed by atoms with Crippen molar-refractivity contribution in [1.82, 2.24) is 20.2 Å². The van der Waals surface area contributed by atoms with E-state index in [0.717, 1.165) is 11.3 Å². The van der Waals surface area contributed by atoms with Crippen LogP contribution in [-0.4, -0.2) is 63.1 Å². The van der Waals surface area contributed by atoms with E-state index in [-0.39, 0.29) is 15.8 Å². The zero-order valence-corrected chi connectivity index (χ0v) is 15.1. The highest BCUT2D eigenvalue weighted by molar-refractivity contribution is 7.20. The molecule has 10 nitrogen and oxygen atoms in total. The number of hydrogen-bond donors (Lipinski definition) is 4. The maximum atomic E-state index is 12.4. The molecule has 140 valence electrons. The number of carboxylic acids is 2. The van der Waals surface area contributed by atoms with Gasteiger partial charge in [0, 0.05) is 0 Å². The first-order valence-corrected chi connectivity index (χ1v) is 8.34. The molecule has 0 saturated heterocycles. The summed E-state index contributed by atoms with van der Waals surface area (Å²) in [6.07, 6.45) is -0.753. The van der Waals surface area contributed by atoms with Crippen LogP contribution in [0, 0.1) is 6.92 Å². The third-order valence-corrected chi connectivity index (χ3v) is 4.69. The molecule has 2 rings (SSSR count). The molecule has 0 aliphatic rings. The third-order valence-electron chi connectivity index (χ3n) is 3.50. The number of rotatable bonds is 7. The van der Waals surface area contributed by atoms with Gasteiger partial charge >= 0.3 is 11.9 Å². The van der Waals surface area contributed by atoms with E-state index in [0.29, 0.717) is 22.8 Å². The number of aromatic nitrogens is 2. The fraction of sp³-hybridized carbons (Fsp3) is 0.400. The van der Waals surface area contributed by atoms with Gasteiger partial charge in [0.05, 0.1) is 23.2 Å². The van der Waals surface area contributed by atoms with E-state index in [1.165, 1.54) is 0 Å². The lowest BCUT2D eigenvalue weighted by Gasteiger charge is -2.11. The van der Waals surface area contributed by atoms with Crippen LogP contribution >= 0.6 is 11.3 Å². The van der Waals surface area contributed by atoms with Crippen molar-refractivity contribution in [3.8, 4) is 0 Å². The summed E-state index contributed by atoms with van der Waals surface area (Å²) in [5, 5.41) is 20.2. The number of nitrogens with one attached hydrogen (secondary N) is 2. The van der Waals surface area contributed by atoms with E-state index < -0.39 is 30.3 Å². The number of aliphatic carboxylic acids is 2. The van der Waals surface area contributed by atoms with Crippen LogP contribution in [0.4, 0.5) is 0 Å². The predicted octanol–water partition coefficient (Wildman–Crippen LogP) is 0.0123. The summed E-state index contributed by atoms with van der Waals surface area (Å²) in [5.74, 6) is -3.12. The highest BCUT2D eigenvalue weighted by Crippen LogP contribution is 2.27. The number of carboxylic acid groups (broad SMARTS) is 2. The topological polar surface area (TPSA) is 153 Å². The molecule has 0 radical (unpaired) electrons. The van der Waals surface area contributed by atoms with Crippen LogP contribution in [0.1, 0.15) is 27.5 Å². The first-order valence-electron chi connectivity index (χ1n) is 7.52. The Balaban J connectivity index is 2.40. The Morgan fingerprint density at radius 3 is 2.50 bits per heavy atom. The van der Waals surface area contributed by atoms with Gasteiger partial charge in [0.25, 0.3) is 11.5 Å². The second kappa shape index (κ2) is 7.62. The van der Waals surface area contributed by atoms with Crippen molar-refractivity contribution in [2.75, 3.05) is 14.1 Å². The smallest absolute Gasteiger partial charge is 0.326 e. The third kappa shape index (κ3) is 4.24. The second-order valence-corrected chi connectivity index (χ2v) is 6.95. The Hall–Kier alpha value is -2.79. The highest BCUT2D eigenvalue weighted by atomic mass is 32.1. The van der Waals surface area contributed by atoms with Crippen molar-refractivity contribution in [3.63, 3.8) is 0 Å². The van der Waals surface area contributed by atoms with Crippen LogP contribution in [0.5, 0.6) is 0 Å². The maximum absolute atomic E-state index is 12.4. The Labute approximate surface area is 151 Å². The lowest BCUT2D eigenvalue weighted by molar-refractivity contribution is -0.145. The quantitative estimate of drug-likeness (QED) is 0.522. The van der Waals surface area contributed by atoms with Crippen molar-refractivity contribution in [2.24, 2.45) is 0 Å². The molecule has 1 unspecified atom stereocenters. The number of H-pyrrole nitrogens is 1. The first kappa shape index (κ1) is 19.5. The Kier molecular flexibility index (Phi) is 5.73. The number of hydrogen-bond acceptors (Lipinski definition) is 7. The summed E-state index contributed by atoms with van der Waals surface area (Å²) in [5.41, 5.74) is -0.0212. The largest absolute Gasteiger partial charge is 0.481 e. The van der Waals surface area contributed by atoms with Gasteiger partial charge in [0.2, 0.25) is 0 Å². The molecular formula is C15H18N4O6S. The highest BCUT2D eigenvalue weighted by Gasteiger charge is 2.26. The minimum Gasteiger partial charge on any atom is -0.481 e. The summed E-state index contributed by atoms with van der Waals surface area (Å²) >= 11 is 0.958. The van der Waals surface area contributed by atoms with Gasteiger partial charge in [-0.05, 0) is 26.6 Å². The lowest BCUT2D eigenvalue weighted by Crippen LogP contribution is -2.42. The monoisotopic (exact) mass is 382 g/mol. The molecule has 0 bridgehead atoms. The number of aryl methyl sites for hydroxylation is 1. The van der Waals surface area contributed by atoms with Crippen LogP contribution in [0.2, 0.25) is 0 Å². The van der Waals surface area contributed by atoms with E-state index in [1.807, 2.05) is 19.0 Å². The molecule has 2 heterocycles. The minimum atomic E-state index is -1.57. The zero-order chi connectivity index (χ0) is 19.6. The number of fused-ring (bicyclic) bond motifs is 1. The average Bonchev–Trinajstić information content (AvgIpc) is 2.82. The van der Waals surface area contributed by atoms with E-state index in [2.05, 4.69) is 15.3 Å². The summed E-state index contributed by atoms with van der Waals surface area (Å²) in [4.78, 5) is 55.8. The molecule has 26 heavy (non-hydrogen) atoms. The molecule has 0 aliphatic carbocycles. The molecule has 0 spiro atoms. The molecular weight excluding hydrogens is 364 g/mol. The molecule has 0 aliphatic heterocycles. The average molecular weight is 382 g/mol. The van der Waals surface area contributed by atoms with Crippen LogP contribution in [0.3, 0.4) is 0 Å². The Morgan fingerprint density at radius 1 is 1.31 bits per heavy atom. The van der Waals surface area contributed by atoms with E-state index in [1.54, 1.807) is 6.92 Å².